The molecule has 0 atom stereocenters. The van der Waals surface area contributed by atoms with Gasteiger partial charge in [0.15, 0.2) is 0 Å². The standard InChI is InChI=1S/C11H14N2O/c1-9(2)8-14-11-5-3-4-10(6-11)7-13-12/h3-7H,1,8,12H2,2H3. The molecule has 3 heteroatoms. The van der Waals surface area contributed by atoms with Crippen LogP contribution >= 0.6 is 0 Å². The van der Waals surface area contributed by atoms with E-state index < -0.39 is 0 Å². The average molecular weight is 190 g/mol. The van der Waals surface area contributed by atoms with E-state index in [-0.39, 0.29) is 0 Å². The quantitative estimate of drug-likeness (QED) is 0.341. The topological polar surface area (TPSA) is 47.6 Å². The van der Waals surface area contributed by atoms with Crippen molar-refractivity contribution in [1.82, 2.24) is 0 Å². The maximum absolute atomic E-state index is 5.45. The minimum atomic E-state index is 0.531. The molecule has 0 spiro atoms. The summed E-state index contributed by atoms with van der Waals surface area (Å²) in [6.07, 6.45) is 1.58. The van der Waals surface area contributed by atoms with E-state index in [0.29, 0.717) is 6.61 Å². The van der Waals surface area contributed by atoms with Crippen LogP contribution in [0.15, 0.2) is 41.5 Å². The minimum absolute atomic E-state index is 0.531. The molecular formula is C11H14N2O. The van der Waals surface area contributed by atoms with Gasteiger partial charge in [-0.3, -0.25) is 0 Å². The molecule has 0 unspecified atom stereocenters. The lowest BCUT2D eigenvalue weighted by Gasteiger charge is -2.05. The molecule has 0 aliphatic carbocycles. The molecule has 1 aromatic carbocycles. The number of hydrogen-bond donors (Lipinski definition) is 1. The maximum atomic E-state index is 5.45. The van der Waals surface area contributed by atoms with Crippen LogP contribution in [0.3, 0.4) is 0 Å². The Balaban J connectivity index is 2.68. The smallest absolute Gasteiger partial charge is 0.120 e. The Labute approximate surface area is 83.9 Å². The first-order valence-corrected chi connectivity index (χ1v) is 4.33. The van der Waals surface area contributed by atoms with Crippen molar-refractivity contribution in [3.63, 3.8) is 0 Å². The number of hydrazone groups is 1. The predicted octanol–water partition coefficient (Wildman–Crippen LogP) is 1.93. The van der Waals surface area contributed by atoms with E-state index in [4.69, 9.17) is 10.6 Å². The summed E-state index contributed by atoms with van der Waals surface area (Å²) in [6.45, 7) is 6.21. The summed E-state index contributed by atoms with van der Waals surface area (Å²) in [5.41, 5.74) is 1.91. The first-order valence-electron chi connectivity index (χ1n) is 4.33. The molecule has 2 N–H and O–H groups in total. The molecule has 1 rings (SSSR count). The Hall–Kier alpha value is -1.77. The third-order valence-corrected chi connectivity index (χ3v) is 1.57. The molecular weight excluding hydrogens is 176 g/mol. The van der Waals surface area contributed by atoms with Gasteiger partial charge in [0, 0.05) is 0 Å². The number of rotatable bonds is 4. The lowest BCUT2D eigenvalue weighted by atomic mass is 10.2. The Kier molecular flexibility index (Phi) is 3.73. The number of hydrogen-bond acceptors (Lipinski definition) is 3. The molecule has 0 aliphatic heterocycles. The second-order valence-corrected chi connectivity index (χ2v) is 3.10. The molecule has 1 aromatic rings. The lowest BCUT2D eigenvalue weighted by molar-refractivity contribution is 0.352. The number of nitrogens with zero attached hydrogens (tertiary/aromatic N) is 1. The minimum Gasteiger partial charge on any atom is -0.489 e. The third-order valence-electron chi connectivity index (χ3n) is 1.57. The van der Waals surface area contributed by atoms with Gasteiger partial charge in [-0.25, -0.2) is 0 Å². The fourth-order valence-corrected chi connectivity index (χ4v) is 0.977. The van der Waals surface area contributed by atoms with Crippen molar-refractivity contribution in [3.8, 4) is 5.75 Å². The first-order chi connectivity index (χ1) is 6.72. The van der Waals surface area contributed by atoms with Gasteiger partial charge in [0.2, 0.25) is 0 Å². The van der Waals surface area contributed by atoms with Crippen molar-refractivity contribution >= 4 is 6.21 Å². The van der Waals surface area contributed by atoms with Gasteiger partial charge < -0.3 is 10.6 Å². The zero-order valence-electron chi connectivity index (χ0n) is 8.23. The van der Waals surface area contributed by atoms with Crippen LogP contribution in [0.2, 0.25) is 0 Å². The van der Waals surface area contributed by atoms with Gasteiger partial charge in [-0.15, -0.1) is 0 Å². The number of nitrogens with two attached hydrogens (primary N) is 1. The van der Waals surface area contributed by atoms with Crippen LogP contribution in [0.1, 0.15) is 12.5 Å². The third kappa shape index (κ3) is 3.31. The summed E-state index contributed by atoms with van der Waals surface area (Å²) in [5.74, 6) is 5.84. The van der Waals surface area contributed by atoms with Crippen molar-refractivity contribution in [2.24, 2.45) is 10.9 Å². The largest absolute Gasteiger partial charge is 0.489 e. The van der Waals surface area contributed by atoms with Crippen LogP contribution in [0.5, 0.6) is 5.75 Å². The van der Waals surface area contributed by atoms with Gasteiger partial charge in [0.05, 0.1) is 6.21 Å². The van der Waals surface area contributed by atoms with E-state index in [1.165, 1.54) is 0 Å². The Bertz CT molecular complexity index is 345. The highest BCUT2D eigenvalue weighted by molar-refractivity contribution is 5.79. The first kappa shape index (κ1) is 10.3. The van der Waals surface area contributed by atoms with E-state index in [9.17, 15) is 0 Å². The summed E-state index contributed by atoms with van der Waals surface area (Å²) < 4.78 is 5.45. The molecule has 0 amide bonds. The molecule has 0 saturated carbocycles. The maximum Gasteiger partial charge on any atom is 0.120 e. The summed E-state index contributed by atoms with van der Waals surface area (Å²) in [7, 11) is 0. The second-order valence-electron chi connectivity index (χ2n) is 3.10. The second kappa shape index (κ2) is 5.07. The molecule has 0 bridgehead atoms. The molecule has 0 heterocycles. The van der Waals surface area contributed by atoms with E-state index in [0.717, 1.165) is 16.9 Å². The zero-order chi connectivity index (χ0) is 10.4. The molecule has 14 heavy (non-hydrogen) atoms. The van der Waals surface area contributed by atoms with Crippen LogP contribution in [-0.4, -0.2) is 12.8 Å². The van der Waals surface area contributed by atoms with Gasteiger partial charge in [0.1, 0.15) is 12.4 Å². The molecule has 3 nitrogen and oxygen atoms in total. The van der Waals surface area contributed by atoms with E-state index in [2.05, 4.69) is 11.7 Å². The SMILES string of the molecule is C=C(C)COc1cccc(C=NN)c1. The monoisotopic (exact) mass is 190 g/mol. The van der Waals surface area contributed by atoms with Gasteiger partial charge >= 0.3 is 0 Å². The van der Waals surface area contributed by atoms with Crippen LogP contribution in [0.25, 0.3) is 0 Å². The van der Waals surface area contributed by atoms with Gasteiger partial charge in [-0.05, 0) is 30.2 Å². The van der Waals surface area contributed by atoms with Gasteiger partial charge in [-0.1, -0.05) is 18.7 Å². The van der Waals surface area contributed by atoms with E-state index in [1.54, 1.807) is 6.21 Å². The number of ether oxygens (including phenoxy) is 1. The van der Waals surface area contributed by atoms with Crippen LogP contribution in [-0.2, 0) is 0 Å². The molecule has 0 radical (unpaired) electrons. The van der Waals surface area contributed by atoms with Crippen molar-refractivity contribution in [1.29, 1.82) is 0 Å². The summed E-state index contributed by atoms with van der Waals surface area (Å²) in [4.78, 5) is 0. The Morgan fingerprint density at radius 1 is 1.64 bits per heavy atom. The molecule has 74 valence electrons. The van der Waals surface area contributed by atoms with Crippen molar-refractivity contribution in [2.75, 3.05) is 6.61 Å². The lowest BCUT2D eigenvalue weighted by Crippen LogP contribution is -1.98. The fourth-order valence-electron chi connectivity index (χ4n) is 0.977. The zero-order valence-corrected chi connectivity index (χ0v) is 8.23. The Morgan fingerprint density at radius 2 is 2.43 bits per heavy atom. The van der Waals surface area contributed by atoms with Gasteiger partial charge in [0.25, 0.3) is 0 Å². The van der Waals surface area contributed by atoms with Crippen LogP contribution in [0, 0.1) is 0 Å². The van der Waals surface area contributed by atoms with Crippen LogP contribution in [0.4, 0.5) is 0 Å². The molecule has 0 saturated heterocycles. The molecule has 0 aliphatic rings. The normalized spacial score (nSPS) is 10.4. The van der Waals surface area contributed by atoms with E-state index in [1.807, 2.05) is 31.2 Å². The summed E-state index contributed by atoms with van der Waals surface area (Å²) in [6, 6.07) is 7.56. The fraction of sp³-hybridized carbons (Fsp3) is 0.182. The molecule has 0 aromatic heterocycles. The predicted molar refractivity (Wildman–Crippen MR) is 58.5 cm³/mol. The van der Waals surface area contributed by atoms with Gasteiger partial charge in [-0.2, -0.15) is 5.10 Å². The highest BCUT2D eigenvalue weighted by Crippen LogP contribution is 2.12. The summed E-state index contributed by atoms with van der Waals surface area (Å²) >= 11 is 0. The van der Waals surface area contributed by atoms with E-state index >= 15 is 0 Å². The summed E-state index contributed by atoms with van der Waals surface area (Å²) in [5, 5.41) is 3.44. The average Bonchev–Trinajstić information content (AvgIpc) is 2.16. The van der Waals surface area contributed by atoms with Crippen molar-refractivity contribution < 1.29 is 4.74 Å². The van der Waals surface area contributed by atoms with Crippen molar-refractivity contribution in [3.05, 3.63) is 42.0 Å². The van der Waals surface area contributed by atoms with Crippen molar-refractivity contribution in [2.45, 2.75) is 6.92 Å². The highest BCUT2D eigenvalue weighted by atomic mass is 16.5. The highest BCUT2D eigenvalue weighted by Gasteiger charge is 1.94. The molecule has 0 fully saturated rings. The Morgan fingerprint density at radius 3 is 3.07 bits per heavy atom. The van der Waals surface area contributed by atoms with Crippen LogP contribution < -0.4 is 10.6 Å². The number of benzene rings is 1.